The minimum atomic E-state index is -1.34. The summed E-state index contributed by atoms with van der Waals surface area (Å²) in [6.07, 6.45) is -0.297. The Labute approximate surface area is 102 Å². The standard InChI is InChI=1S/C11H13F3N2O2/c1-11(2)17-5-6(18-11)4-15-10-8(13)3-7(12)9(14)16-10/h3,6H,4-5H2,1-2H3,(H,15,16). The van der Waals surface area contributed by atoms with Crippen LogP contribution in [0.3, 0.4) is 0 Å². The summed E-state index contributed by atoms with van der Waals surface area (Å²) in [5, 5.41) is 2.56. The quantitative estimate of drug-likeness (QED) is 0.847. The van der Waals surface area contributed by atoms with E-state index in [-0.39, 0.29) is 18.5 Å². The average Bonchev–Trinajstić information content (AvgIpc) is 2.62. The van der Waals surface area contributed by atoms with Crippen LogP contribution in [0.25, 0.3) is 0 Å². The fourth-order valence-electron chi connectivity index (χ4n) is 1.64. The molecule has 0 amide bonds. The van der Waals surface area contributed by atoms with Gasteiger partial charge in [0, 0.05) is 12.6 Å². The second-order valence-electron chi connectivity index (χ2n) is 4.42. The number of halogens is 3. The van der Waals surface area contributed by atoms with E-state index in [0.717, 1.165) is 0 Å². The third kappa shape index (κ3) is 2.91. The summed E-state index contributed by atoms with van der Waals surface area (Å²) in [5.41, 5.74) is 0. The molecule has 0 aromatic carbocycles. The van der Waals surface area contributed by atoms with Gasteiger partial charge >= 0.3 is 0 Å². The van der Waals surface area contributed by atoms with Crippen LogP contribution in [0.1, 0.15) is 13.8 Å². The maximum Gasteiger partial charge on any atom is 0.251 e. The van der Waals surface area contributed by atoms with Gasteiger partial charge in [-0.15, -0.1) is 0 Å². The Hall–Kier alpha value is -1.34. The van der Waals surface area contributed by atoms with Gasteiger partial charge in [-0.3, -0.25) is 0 Å². The van der Waals surface area contributed by atoms with Crippen LogP contribution < -0.4 is 5.32 Å². The van der Waals surface area contributed by atoms with Gasteiger partial charge in [0.1, 0.15) is 6.10 Å². The van der Waals surface area contributed by atoms with Gasteiger partial charge in [-0.2, -0.15) is 9.37 Å². The van der Waals surface area contributed by atoms with Gasteiger partial charge in [0.15, 0.2) is 23.2 Å². The van der Waals surface area contributed by atoms with E-state index in [1.807, 2.05) is 0 Å². The summed E-state index contributed by atoms with van der Waals surface area (Å²) in [6, 6.07) is 0.445. The minimum absolute atomic E-state index is 0.193. The molecular weight excluding hydrogens is 249 g/mol. The number of anilines is 1. The Morgan fingerprint density at radius 3 is 2.72 bits per heavy atom. The van der Waals surface area contributed by atoms with Crippen LogP contribution in [-0.4, -0.2) is 30.0 Å². The van der Waals surface area contributed by atoms with Crippen molar-refractivity contribution in [2.75, 3.05) is 18.5 Å². The number of hydrogen-bond acceptors (Lipinski definition) is 4. The van der Waals surface area contributed by atoms with Crippen LogP contribution >= 0.6 is 0 Å². The van der Waals surface area contributed by atoms with Crippen LogP contribution in [0.4, 0.5) is 19.0 Å². The van der Waals surface area contributed by atoms with Crippen molar-refractivity contribution >= 4 is 5.82 Å². The molecule has 1 aliphatic rings. The lowest BCUT2D eigenvalue weighted by Gasteiger charge is -2.17. The molecule has 1 unspecified atom stereocenters. The largest absolute Gasteiger partial charge is 0.365 e. The third-order valence-electron chi connectivity index (χ3n) is 2.45. The van der Waals surface area contributed by atoms with Gasteiger partial charge in [0.05, 0.1) is 6.61 Å². The molecule has 0 bridgehead atoms. The lowest BCUT2D eigenvalue weighted by molar-refractivity contribution is -0.136. The molecule has 1 N–H and O–H groups in total. The van der Waals surface area contributed by atoms with E-state index >= 15 is 0 Å². The van der Waals surface area contributed by atoms with E-state index in [0.29, 0.717) is 12.7 Å². The number of nitrogens with one attached hydrogen (secondary N) is 1. The Morgan fingerprint density at radius 1 is 1.39 bits per heavy atom. The number of nitrogens with zero attached hydrogens (tertiary/aromatic N) is 1. The van der Waals surface area contributed by atoms with E-state index in [1.165, 1.54) is 0 Å². The van der Waals surface area contributed by atoms with Gasteiger partial charge in [0.25, 0.3) is 5.95 Å². The van der Waals surface area contributed by atoms with Gasteiger partial charge in [-0.05, 0) is 13.8 Å². The van der Waals surface area contributed by atoms with Crippen LogP contribution in [0.15, 0.2) is 6.07 Å². The molecule has 0 spiro atoms. The van der Waals surface area contributed by atoms with Crippen molar-refractivity contribution in [1.29, 1.82) is 0 Å². The highest BCUT2D eigenvalue weighted by Gasteiger charge is 2.32. The molecule has 0 aliphatic carbocycles. The predicted molar refractivity (Wildman–Crippen MR) is 57.5 cm³/mol. The second-order valence-corrected chi connectivity index (χ2v) is 4.42. The fraction of sp³-hybridized carbons (Fsp3) is 0.545. The number of rotatable bonds is 3. The maximum atomic E-state index is 13.3. The number of hydrogen-bond donors (Lipinski definition) is 1. The highest BCUT2D eigenvalue weighted by molar-refractivity contribution is 5.36. The Kier molecular flexibility index (Phi) is 3.45. The molecule has 4 nitrogen and oxygen atoms in total. The lowest BCUT2D eigenvalue weighted by atomic mass is 10.3. The zero-order chi connectivity index (χ0) is 13.3. The first-order valence-corrected chi connectivity index (χ1v) is 5.44. The summed E-state index contributed by atoms with van der Waals surface area (Å²) in [4.78, 5) is 3.15. The van der Waals surface area contributed by atoms with E-state index < -0.39 is 23.4 Å². The highest BCUT2D eigenvalue weighted by atomic mass is 19.2. The molecule has 1 atom stereocenters. The van der Waals surface area contributed by atoms with Crippen molar-refractivity contribution in [2.24, 2.45) is 0 Å². The zero-order valence-electron chi connectivity index (χ0n) is 9.97. The van der Waals surface area contributed by atoms with Crippen LogP contribution in [0.5, 0.6) is 0 Å². The predicted octanol–water partition coefficient (Wildman–Crippen LogP) is 2.06. The van der Waals surface area contributed by atoms with Crippen LogP contribution in [-0.2, 0) is 9.47 Å². The topological polar surface area (TPSA) is 43.4 Å². The van der Waals surface area contributed by atoms with Gasteiger partial charge in [-0.1, -0.05) is 0 Å². The normalized spacial score (nSPS) is 22.2. The molecule has 2 rings (SSSR count). The van der Waals surface area contributed by atoms with Crippen molar-refractivity contribution in [3.8, 4) is 0 Å². The minimum Gasteiger partial charge on any atom is -0.365 e. The monoisotopic (exact) mass is 262 g/mol. The first-order valence-electron chi connectivity index (χ1n) is 5.44. The molecule has 0 saturated carbocycles. The average molecular weight is 262 g/mol. The van der Waals surface area contributed by atoms with Crippen LogP contribution in [0.2, 0.25) is 0 Å². The second kappa shape index (κ2) is 4.74. The van der Waals surface area contributed by atoms with E-state index in [4.69, 9.17) is 9.47 Å². The fourth-order valence-corrected chi connectivity index (χ4v) is 1.64. The lowest BCUT2D eigenvalue weighted by Crippen LogP contribution is -2.26. The molecule has 18 heavy (non-hydrogen) atoms. The molecule has 1 aliphatic heterocycles. The van der Waals surface area contributed by atoms with Gasteiger partial charge < -0.3 is 14.8 Å². The third-order valence-corrected chi connectivity index (χ3v) is 2.45. The van der Waals surface area contributed by atoms with E-state index in [2.05, 4.69) is 10.3 Å². The molecule has 1 aromatic rings. The Balaban J connectivity index is 1.97. The Morgan fingerprint density at radius 2 is 2.11 bits per heavy atom. The smallest absolute Gasteiger partial charge is 0.251 e. The first kappa shape index (κ1) is 13.1. The summed E-state index contributed by atoms with van der Waals surface area (Å²) in [6.45, 7) is 4.04. The summed E-state index contributed by atoms with van der Waals surface area (Å²) in [7, 11) is 0. The zero-order valence-corrected chi connectivity index (χ0v) is 9.97. The first-order chi connectivity index (χ1) is 8.37. The number of aromatic nitrogens is 1. The van der Waals surface area contributed by atoms with Crippen molar-refractivity contribution in [3.63, 3.8) is 0 Å². The van der Waals surface area contributed by atoms with Crippen LogP contribution in [0, 0.1) is 17.6 Å². The molecule has 7 heteroatoms. The highest BCUT2D eigenvalue weighted by Crippen LogP contribution is 2.22. The molecule has 100 valence electrons. The van der Waals surface area contributed by atoms with Crippen molar-refractivity contribution in [2.45, 2.75) is 25.7 Å². The molecule has 2 heterocycles. The molecule has 1 aromatic heterocycles. The van der Waals surface area contributed by atoms with Crippen molar-refractivity contribution in [3.05, 3.63) is 23.6 Å². The van der Waals surface area contributed by atoms with E-state index in [1.54, 1.807) is 13.8 Å². The van der Waals surface area contributed by atoms with Gasteiger partial charge in [0.2, 0.25) is 0 Å². The molecule has 0 radical (unpaired) electrons. The summed E-state index contributed by atoms with van der Waals surface area (Å²) in [5.74, 6) is -4.65. The SMILES string of the molecule is CC1(C)OCC(CNc2nc(F)c(F)cc2F)O1. The summed E-state index contributed by atoms with van der Waals surface area (Å²) >= 11 is 0. The maximum absolute atomic E-state index is 13.3. The molecule has 1 fully saturated rings. The van der Waals surface area contributed by atoms with Gasteiger partial charge in [-0.25, -0.2) is 8.78 Å². The van der Waals surface area contributed by atoms with Crippen molar-refractivity contribution < 1.29 is 22.6 Å². The Bertz CT molecular complexity index is 454. The number of pyridine rings is 1. The number of ether oxygens (including phenoxy) is 2. The van der Waals surface area contributed by atoms with Crippen molar-refractivity contribution in [1.82, 2.24) is 4.98 Å². The summed E-state index contributed by atoms with van der Waals surface area (Å²) < 4.78 is 49.5. The molecule has 1 saturated heterocycles. The van der Waals surface area contributed by atoms with E-state index in [9.17, 15) is 13.2 Å². The molecular formula is C11H13F3N2O2.